The third-order valence-electron chi connectivity index (χ3n) is 3.34. The number of carbonyl (C=O) groups is 1. The summed E-state index contributed by atoms with van der Waals surface area (Å²) < 4.78 is 0.830. The zero-order chi connectivity index (χ0) is 13.0. The number of hydrogen-bond donors (Lipinski definition) is 1. The average Bonchev–Trinajstić information content (AvgIpc) is 2.39. The molecular formula is C13H18BrN3O. The lowest BCUT2D eigenvalue weighted by Gasteiger charge is -2.31. The summed E-state index contributed by atoms with van der Waals surface area (Å²) in [5, 5.41) is 3.08. The Balaban J connectivity index is 1.89. The van der Waals surface area contributed by atoms with Crippen LogP contribution in [0, 0.1) is 0 Å². The summed E-state index contributed by atoms with van der Waals surface area (Å²) >= 11 is 3.32. The number of hydrogen-bond acceptors (Lipinski definition) is 3. The molecule has 0 unspecified atom stereocenters. The summed E-state index contributed by atoms with van der Waals surface area (Å²) in [5.41, 5.74) is 0.613. The normalized spacial score (nSPS) is 17.7. The summed E-state index contributed by atoms with van der Waals surface area (Å²) in [6, 6.07) is 2.09. The number of pyridine rings is 1. The fourth-order valence-electron chi connectivity index (χ4n) is 2.20. The number of aromatic nitrogens is 1. The predicted molar refractivity (Wildman–Crippen MR) is 74.5 cm³/mol. The Kier molecular flexibility index (Phi) is 4.72. The van der Waals surface area contributed by atoms with Gasteiger partial charge in [-0.25, -0.2) is 0 Å². The van der Waals surface area contributed by atoms with Crippen LogP contribution in [0.5, 0.6) is 0 Å². The smallest absolute Gasteiger partial charge is 0.253 e. The molecule has 2 rings (SSSR count). The molecule has 1 aliphatic heterocycles. The molecule has 18 heavy (non-hydrogen) atoms. The molecule has 0 spiro atoms. The van der Waals surface area contributed by atoms with Crippen molar-refractivity contribution in [3.63, 3.8) is 0 Å². The van der Waals surface area contributed by atoms with E-state index in [4.69, 9.17) is 0 Å². The Morgan fingerprint density at radius 3 is 2.83 bits per heavy atom. The molecule has 4 nitrogen and oxygen atoms in total. The average molecular weight is 312 g/mol. The van der Waals surface area contributed by atoms with Crippen molar-refractivity contribution in [3.8, 4) is 0 Å². The van der Waals surface area contributed by atoms with Gasteiger partial charge in [-0.1, -0.05) is 6.92 Å². The van der Waals surface area contributed by atoms with Crippen LogP contribution in [0.2, 0.25) is 0 Å². The highest BCUT2D eigenvalue weighted by Gasteiger charge is 2.20. The second-order valence-electron chi connectivity index (χ2n) is 4.57. The van der Waals surface area contributed by atoms with E-state index in [2.05, 4.69) is 38.1 Å². The second-order valence-corrected chi connectivity index (χ2v) is 5.49. The number of amides is 1. The van der Waals surface area contributed by atoms with Crippen molar-refractivity contribution < 1.29 is 4.79 Å². The molecule has 1 amide bonds. The van der Waals surface area contributed by atoms with E-state index < -0.39 is 0 Å². The van der Waals surface area contributed by atoms with E-state index in [1.165, 1.54) is 0 Å². The van der Waals surface area contributed by atoms with Gasteiger partial charge >= 0.3 is 0 Å². The van der Waals surface area contributed by atoms with E-state index in [1.54, 1.807) is 18.5 Å². The van der Waals surface area contributed by atoms with Crippen LogP contribution in [0.3, 0.4) is 0 Å². The zero-order valence-electron chi connectivity index (χ0n) is 10.5. The lowest BCUT2D eigenvalue weighted by molar-refractivity contribution is 0.0912. The maximum atomic E-state index is 12.0. The van der Waals surface area contributed by atoms with E-state index >= 15 is 0 Å². The number of halogens is 1. The lowest BCUT2D eigenvalue weighted by atomic mass is 10.0. The first-order valence-electron chi connectivity index (χ1n) is 6.33. The fraction of sp³-hybridized carbons (Fsp3) is 0.538. The standard InChI is InChI=1S/C13H18BrN3O/c1-2-17-5-3-12(4-6-17)16-13(18)10-7-11(14)9-15-8-10/h7-9,12H,2-6H2,1H3,(H,16,18). The van der Waals surface area contributed by atoms with Crippen LogP contribution < -0.4 is 5.32 Å². The Morgan fingerprint density at radius 1 is 1.50 bits per heavy atom. The molecule has 98 valence electrons. The van der Waals surface area contributed by atoms with Gasteiger partial charge in [0.1, 0.15) is 0 Å². The number of nitrogens with one attached hydrogen (secondary N) is 1. The largest absolute Gasteiger partial charge is 0.349 e. The number of nitrogens with zero attached hydrogens (tertiary/aromatic N) is 2. The molecule has 0 aromatic carbocycles. The molecule has 1 aromatic heterocycles. The van der Waals surface area contributed by atoms with E-state index in [1.807, 2.05) is 0 Å². The zero-order valence-corrected chi connectivity index (χ0v) is 12.1. The first-order valence-corrected chi connectivity index (χ1v) is 7.12. The quantitative estimate of drug-likeness (QED) is 0.929. The third-order valence-corrected chi connectivity index (χ3v) is 3.77. The number of carbonyl (C=O) groups excluding carboxylic acids is 1. The van der Waals surface area contributed by atoms with Crippen LogP contribution >= 0.6 is 15.9 Å². The Bertz CT molecular complexity index is 416. The highest BCUT2D eigenvalue weighted by Crippen LogP contribution is 2.12. The highest BCUT2D eigenvalue weighted by atomic mass is 79.9. The van der Waals surface area contributed by atoms with Gasteiger partial charge in [-0.05, 0) is 41.4 Å². The minimum absolute atomic E-state index is 0.0289. The second kappa shape index (κ2) is 6.29. The minimum Gasteiger partial charge on any atom is -0.349 e. The van der Waals surface area contributed by atoms with Crippen LogP contribution in [0.4, 0.5) is 0 Å². The van der Waals surface area contributed by atoms with Crippen LogP contribution in [-0.2, 0) is 0 Å². The fourth-order valence-corrected chi connectivity index (χ4v) is 2.56. The minimum atomic E-state index is -0.0289. The molecule has 1 N–H and O–H groups in total. The maximum Gasteiger partial charge on any atom is 0.253 e. The van der Waals surface area contributed by atoms with Gasteiger partial charge in [0, 0.05) is 36.0 Å². The summed E-state index contributed by atoms with van der Waals surface area (Å²) in [4.78, 5) is 18.4. The van der Waals surface area contributed by atoms with Crippen molar-refractivity contribution >= 4 is 21.8 Å². The monoisotopic (exact) mass is 311 g/mol. The first kappa shape index (κ1) is 13.5. The van der Waals surface area contributed by atoms with E-state index in [0.29, 0.717) is 11.6 Å². The number of likely N-dealkylation sites (tertiary alicyclic amines) is 1. The van der Waals surface area contributed by atoms with Crippen molar-refractivity contribution in [3.05, 3.63) is 28.5 Å². The van der Waals surface area contributed by atoms with Gasteiger partial charge in [0.05, 0.1) is 5.56 Å². The summed E-state index contributed by atoms with van der Waals surface area (Å²) in [6.45, 7) is 5.40. The molecule has 5 heteroatoms. The van der Waals surface area contributed by atoms with E-state index in [0.717, 1.165) is 36.9 Å². The van der Waals surface area contributed by atoms with Crippen molar-refractivity contribution in [2.24, 2.45) is 0 Å². The predicted octanol–water partition coefficient (Wildman–Crippen LogP) is 2.06. The van der Waals surface area contributed by atoms with Crippen LogP contribution in [0.1, 0.15) is 30.1 Å². The van der Waals surface area contributed by atoms with Crippen LogP contribution in [0.15, 0.2) is 22.9 Å². The Labute approximate surface area is 116 Å². The molecule has 1 aliphatic rings. The number of piperidine rings is 1. The van der Waals surface area contributed by atoms with Crippen LogP contribution in [-0.4, -0.2) is 41.5 Å². The van der Waals surface area contributed by atoms with Gasteiger partial charge in [-0.15, -0.1) is 0 Å². The van der Waals surface area contributed by atoms with Gasteiger partial charge in [0.2, 0.25) is 0 Å². The summed E-state index contributed by atoms with van der Waals surface area (Å²) in [6.07, 6.45) is 5.33. The van der Waals surface area contributed by atoms with E-state index in [-0.39, 0.29) is 5.91 Å². The van der Waals surface area contributed by atoms with Crippen molar-refractivity contribution in [1.82, 2.24) is 15.2 Å². The maximum absolute atomic E-state index is 12.0. The van der Waals surface area contributed by atoms with Gasteiger partial charge < -0.3 is 10.2 Å². The van der Waals surface area contributed by atoms with Crippen molar-refractivity contribution in [1.29, 1.82) is 0 Å². The lowest BCUT2D eigenvalue weighted by Crippen LogP contribution is -2.44. The van der Waals surface area contributed by atoms with Crippen molar-refractivity contribution in [2.45, 2.75) is 25.8 Å². The molecule has 0 aliphatic carbocycles. The van der Waals surface area contributed by atoms with Crippen LogP contribution in [0.25, 0.3) is 0 Å². The Hall–Kier alpha value is -0.940. The molecule has 0 bridgehead atoms. The topological polar surface area (TPSA) is 45.2 Å². The molecule has 1 fully saturated rings. The SMILES string of the molecule is CCN1CCC(NC(=O)c2cncc(Br)c2)CC1. The van der Waals surface area contributed by atoms with Gasteiger partial charge in [-0.3, -0.25) is 9.78 Å². The van der Waals surface area contributed by atoms with Gasteiger partial charge in [0.15, 0.2) is 0 Å². The molecule has 0 atom stereocenters. The molecule has 2 heterocycles. The first-order chi connectivity index (χ1) is 8.69. The van der Waals surface area contributed by atoms with Gasteiger partial charge in [-0.2, -0.15) is 0 Å². The third kappa shape index (κ3) is 3.53. The van der Waals surface area contributed by atoms with Crippen molar-refractivity contribution in [2.75, 3.05) is 19.6 Å². The molecular weight excluding hydrogens is 294 g/mol. The molecule has 0 saturated carbocycles. The van der Waals surface area contributed by atoms with E-state index in [9.17, 15) is 4.79 Å². The highest BCUT2D eigenvalue weighted by molar-refractivity contribution is 9.10. The van der Waals surface area contributed by atoms with Gasteiger partial charge in [0.25, 0.3) is 5.91 Å². The molecule has 1 saturated heterocycles. The summed E-state index contributed by atoms with van der Waals surface area (Å²) in [5.74, 6) is -0.0289. The Morgan fingerprint density at radius 2 is 2.22 bits per heavy atom. The molecule has 1 aromatic rings. The number of rotatable bonds is 3. The summed E-state index contributed by atoms with van der Waals surface area (Å²) in [7, 11) is 0. The molecule has 0 radical (unpaired) electrons.